The molecule has 1 aromatic carbocycles. The average Bonchev–Trinajstić information content (AvgIpc) is 3.58. The fraction of sp³-hybridized carbons (Fsp3) is 0.280. The van der Waals surface area contributed by atoms with Gasteiger partial charge in [-0.2, -0.15) is 5.10 Å². The molecule has 34 heavy (non-hydrogen) atoms. The van der Waals surface area contributed by atoms with E-state index in [0.717, 1.165) is 51.2 Å². The number of hydrogen-bond donors (Lipinski definition) is 2. The number of aryl methyl sites for hydroxylation is 1. The maximum atomic E-state index is 11.5. The number of anilines is 1. The van der Waals surface area contributed by atoms with Crippen molar-refractivity contribution in [1.82, 2.24) is 25.1 Å². The molecular formula is C25H25IN6O2. The number of hydrogen-bond acceptors (Lipinski definition) is 6. The van der Waals surface area contributed by atoms with Crippen LogP contribution in [-0.4, -0.2) is 44.1 Å². The Balaban J connectivity index is 1.61. The van der Waals surface area contributed by atoms with Crippen LogP contribution in [0.1, 0.15) is 30.9 Å². The fourth-order valence-corrected chi connectivity index (χ4v) is 4.90. The van der Waals surface area contributed by atoms with E-state index in [1.165, 1.54) is 31.7 Å². The summed E-state index contributed by atoms with van der Waals surface area (Å²) in [5.41, 5.74) is 4.90. The molecule has 0 radical (unpaired) electrons. The molecule has 0 spiro atoms. The van der Waals surface area contributed by atoms with Crippen LogP contribution in [0.5, 0.6) is 0 Å². The Bertz CT molecular complexity index is 1330. The van der Waals surface area contributed by atoms with Gasteiger partial charge in [-0.25, -0.2) is 9.97 Å². The second-order valence-corrected chi connectivity index (χ2v) is 9.71. The van der Waals surface area contributed by atoms with Crippen molar-refractivity contribution in [3.05, 3.63) is 57.6 Å². The van der Waals surface area contributed by atoms with Crippen molar-refractivity contribution in [2.75, 3.05) is 18.4 Å². The summed E-state index contributed by atoms with van der Waals surface area (Å²) < 4.78 is 7.60. The van der Waals surface area contributed by atoms with E-state index >= 15 is 0 Å². The van der Waals surface area contributed by atoms with E-state index in [4.69, 9.17) is 4.42 Å². The number of carbonyl (C=O) groups is 1. The highest BCUT2D eigenvalue weighted by Gasteiger charge is 2.22. The van der Waals surface area contributed by atoms with Gasteiger partial charge < -0.3 is 9.73 Å². The van der Waals surface area contributed by atoms with E-state index in [0.29, 0.717) is 17.4 Å². The molecule has 0 bridgehead atoms. The van der Waals surface area contributed by atoms with Gasteiger partial charge in [-0.1, -0.05) is 6.07 Å². The summed E-state index contributed by atoms with van der Waals surface area (Å²) in [5, 5.41) is 9.76. The summed E-state index contributed by atoms with van der Waals surface area (Å²) in [4.78, 5) is 22.7. The Morgan fingerprint density at radius 1 is 1.15 bits per heavy atom. The Hall–Kier alpha value is -3.05. The standard InChI is InChI=1S/C25H25IN6O2/c1-15-12-27-23(30-16(2)33)11-18(15)22-10-20(25-28-14-29-31-25)24(34-22)19-9-17(5-6-21(19)26)13-32-7-3-4-8-32/h5-6,9-12,14H,3-4,7-8,13H2,1-2H3,(H,27,30,33)(H,28,29,31). The van der Waals surface area contributed by atoms with Crippen molar-refractivity contribution in [2.45, 2.75) is 33.2 Å². The molecule has 9 heteroatoms. The normalized spacial score (nSPS) is 14.0. The number of benzene rings is 1. The highest BCUT2D eigenvalue weighted by molar-refractivity contribution is 14.1. The van der Waals surface area contributed by atoms with E-state index in [-0.39, 0.29) is 5.91 Å². The molecule has 1 amide bonds. The zero-order valence-electron chi connectivity index (χ0n) is 19.1. The third kappa shape index (κ3) is 4.76. The number of nitrogens with one attached hydrogen (secondary N) is 2. The lowest BCUT2D eigenvalue weighted by Gasteiger charge is -2.15. The van der Waals surface area contributed by atoms with Crippen molar-refractivity contribution in [3.8, 4) is 34.0 Å². The SMILES string of the molecule is CC(=O)Nc1cc(-c2cc(-c3ncn[nH]3)c(-c3cc(CN4CCCC4)ccc3I)o2)c(C)cn1. The van der Waals surface area contributed by atoms with Gasteiger partial charge in [-0.3, -0.25) is 14.8 Å². The second kappa shape index (κ2) is 9.67. The molecular weight excluding hydrogens is 543 g/mol. The van der Waals surface area contributed by atoms with Gasteiger partial charge in [0.25, 0.3) is 0 Å². The smallest absolute Gasteiger partial charge is 0.222 e. The number of aromatic amines is 1. The fourth-order valence-electron chi connectivity index (χ4n) is 4.32. The molecule has 4 heterocycles. The molecule has 0 saturated carbocycles. The number of amides is 1. The lowest BCUT2D eigenvalue weighted by molar-refractivity contribution is -0.114. The Kier molecular flexibility index (Phi) is 6.46. The van der Waals surface area contributed by atoms with Gasteiger partial charge in [0.15, 0.2) is 5.82 Å². The number of aromatic nitrogens is 4. The largest absolute Gasteiger partial charge is 0.455 e. The number of rotatable bonds is 6. The third-order valence-electron chi connectivity index (χ3n) is 5.96. The Labute approximate surface area is 211 Å². The third-order valence-corrected chi connectivity index (χ3v) is 6.90. The van der Waals surface area contributed by atoms with Crippen LogP contribution in [0, 0.1) is 10.5 Å². The number of likely N-dealkylation sites (tertiary alicyclic amines) is 1. The maximum Gasteiger partial charge on any atom is 0.222 e. The summed E-state index contributed by atoms with van der Waals surface area (Å²) in [6, 6.07) is 10.3. The van der Waals surface area contributed by atoms with E-state index in [1.807, 2.05) is 19.1 Å². The Morgan fingerprint density at radius 2 is 1.97 bits per heavy atom. The van der Waals surface area contributed by atoms with Crippen LogP contribution in [0.2, 0.25) is 0 Å². The minimum Gasteiger partial charge on any atom is -0.455 e. The molecule has 4 aromatic rings. The van der Waals surface area contributed by atoms with Gasteiger partial charge in [-0.15, -0.1) is 0 Å². The van der Waals surface area contributed by atoms with Crippen LogP contribution in [0.4, 0.5) is 5.82 Å². The van der Waals surface area contributed by atoms with Gasteiger partial charge in [0, 0.05) is 34.4 Å². The number of carbonyl (C=O) groups excluding carboxylic acids is 1. The molecule has 0 atom stereocenters. The van der Waals surface area contributed by atoms with E-state index in [9.17, 15) is 4.79 Å². The van der Waals surface area contributed by atoms with Gasteiger partial charge in [-0.05, 0) is 90.8 Å². The van der Waals surface area contributed by atoms with Crippen LogP contribution in [0.15, 0.2) is 47.3 Å². The van der Waals surface area contributed by atoms with E-state index in [2.05, 4.69) is 71.2 Å². The zero-order valence-corrected chi connectivity index (χ0v) is 21.2. The van der Waals surface area contributed by atoms with Gasteiger partial charge in [0.05, 0.1) is 5.56 Å². The van der Waals surface area contributed by atoms with Crippen molar-refractivity contribution >= 4 is 34.3 Å². The Morgan fingerprint density at radius 3 is 2.71 bits per heavy atom. The quantitative estimate of drug-likeness (QED) is 0.308. The molecule has 1 saturated heterocycles. The van der Waals surface area contributed by atoms with Gasteiger partial charge in [0.1, 0.15) is 23.7 Å². The van der Waals surface area contributed by atoms with Crippen molar-refractivity contribution in [3.63, 3.8) is 0 Å². The van der Waals surface area contributed by atoms with Crippen LogP contribution in [0.25, 0.3) is 34.0 Å². The summed E-state index contributed by atoms with van der Waals surface area (Å²) in [6.07, 6.45) is 5.75. The van der Waals surface area contributed by atoms with Gasteiger partial charge >= 0.3 is 0 Å². The van der Waals surface area contributed by atoms with Crippen LogP contribution in [-0.2, 0) is 11.3 Å². The monoisotopic (exact) mass is 568 g/mol. The molecule has 1 aliphatic heterocycles. The second-order valence-electron chi connectivity index (χ2n) is 8.55. The number of halogens is 1. The topological polar surface area (TPSA) is 99.9 Å². The summed E-state index contributed by atoms with van der Waals surface area (Å²) in [5.74, 6) is 2.36. The number of nitrogens with zero attached hydrogens (tertiary/aromatic N) is 4. The summed E-state index contributed by atoms with van der Waals surface area (Å²) >= 11 is 2.35. The minimum atomic E-state index is -0.172. The predicted molar refractivity (Wildman–Crippen MR) is 139 cm³/mol. The van der Waals surface area contributed by atoms with Crippen molar-refractivity contribution in [2.24, 2.45) is 0 Å². The minimum absolute atomic E-state index is 0.172. The molecule has 1 fully saturated rings. The summed E-state index contributed by atoms with van der Waals surface area (Å²) in [7, 11) is 0. The molecule has 1 aliphatic rings. The number of H-pyrrole nitrogens is 1. The highest BCUT2D eigenvalue weighted by atomic mass is 127. The first kappa shape index (κ1) is 22.7. The highest BCUT2D eigenvalue weighted by Crippen LogP contribution is 2.40. The lowest BCUT2D eigenvalue weighted by Crippen LogP contribution is -2.18. The number of pyridine rings is 1. The van der Waals surface area contributed by atoms with Crippen molar-refractivity contribution in [1.29, 1.82) is 0 Å². The van der Waals surface area contributed by atoms with Crippen LogP contribution < -0.4 is 5.32 Å². The van der Waals surface area contributed by atoms with Crippen LogP contribution in [0.3, 0.4) is 0 Å². The molecule has 3 aromatic heterocycles. The van der Waals surface area contributed by atoms with E-state index in [1.54, 1.807) is 6.20 Å². The molecule has 8 nitrogen and oxygen atoms in total. The molecule has 0 aliphatic carbocycles. The number of furan rings is 1. The van der Waals surface area contributed by atoms with Crippen molar-refractivity contribution < 1.29 is 9.21 Å². The lowest BCUT2D eigenvalue weighted by atomic mass is 10.0. The first-order valence-electron chi connectivity index (χ1n) is 11.2. The molecule has 2 N–H and O–H groups in total. The van der Waals surface area contributed by atoms with Crippen LogP contribution >= 0.6 is 22.6 Å². The van der Waals surface area contributed by atoms with Gasteiger partial charge in [0.2, 0.25) is 5.91 Å². The van der Waals surface area contributed by atoms with E-state index < -0.39 is 0 Å². The molecule has 174 valence electrons. The first-order valence-corrected chi connectivity index (χ1v) is 12.3. The zero-order chi connectivity index (χ0) is 23.7. The first-order chi connectivity index (χ1) is 16.5. The maximum absolute atomic E-state index is 11.5. The average molecular weight is 568 g/mol. The summed E-state index contributed by atoms with van der Waals surface area (Å²) in [6.45, 7) is 6.65. The predicted octanol–water partition coefficient (Wildman–Crippen LogP) is 5.26. The molecule has 5 rings (SSSR count). The molecule has 0 unspecified atom stereocenters.